The first kappa shape index (κ1) is 12.5. The molecule has 18 heavy (non-hydrogen) atoms. The second-order valence-corrected chi connectivity index (χ2v) is 4.66. The number of hydrogen-bond donors (Lipinski definition) is 2. The number of aromatic nitrogens is 1. The highest BCUT2D eigenvalue weighted by atomic mass is 32.1. The van der Waals surface area contributed by atoms with E-state index in [9.17, 15) is 9.18 Å². The van der Waals surface area contributed by atoms with Crippen molar-refractivity contribution in [2.24, 2.45) is 0 Å². The van der Waals surface area contributed by atoms with E-state index in [0.717, 1.165) is 5.01 Å². The van der Waals surface area contributed by atoms with Gasteiger partial charge in [-0.25, -0.2) is 14.2 Å². The van der Waals surface area contributed by atoms with Crippen molar-refractivity contribution >= 4 is 23.0 Å². The fraction of sp³-hybridized carbons (Fsp3) is 0.167. The Morgan fingerprint density at radius 3 is 2.89 bits per heavy atom. The normalized spacial score (nSPS) is 12.1. The maximum Gasteiger partial charge on any atom is 0.338 e. The molecule has 4 nitrogen and oxygen atoms in total. The van der Waals surface area contributed by atoms with Gasteiger partial charge in [-0.2, -0.15) is 0 Å². The number of carbonyl (C=O) groups is 1. The molecule has 2 N–H and O–H groups in total. The third kappa shape index (κ3) is 2.65. The van der Waals surface area contributed by atoms with Crippen LogP contribution in [0.5, 0.6) is 0 Å². The second kappa shape index (κ2) is 5.14. The minimum Gasteiger partial charge on any atom is -0.478 e. The lowest BCUT2D eigenvalue weighted by atomic mass is 10.2. The van der Waals surface area contributed by atoms with E-state index in [0.29, 0.717) is 5.69 Å². The summed E-state index contributed by atoms with van der Waals surface area (Å²) in [6.07, 6.45) is 1.70. The van der Waals surface area contributed by atoms with E-state index in [-0.39, 0.29) is 11.6 Å². The first-order valence-corrected chi connectivity index (χ1v) is 6.14. The van der Waals surface area contributed by atoms with Crippen LogP contribution in [0.4, 0.5) is 10.1 Å². The summed E-state index contributed by atoms with van der Waals surface area (Å²) in [4.78, 5) is 14.8. The minimum atomic E-state index is -1.27. The van der Waals surface area contributed by atoms with E-state index < -0.39 is 11.8 Å². The standard InChI is InChI=1S/C12H11FN2O2S/c1-7(11-14-4-5-18-11)15-8-2-3-9(12(16)17)10(13)6-8/h2-7,15H,1H3,(H,16,17). The maximum absolute atomic E-state index is 13.5. The molecule has 0 saturated heterocycles. The smallest absolute Gasteiger partial charge is 0.338 e. The third-order valence-electron chi connectivity index (χ3n) is 2.40. The first-order chi connectivity index (χ1) is 8.58. The predicted octanol–water partition coefficient (Wildman–Crippen LogP) is 3.15. The Morgan fingerprint density at radius 2 is 2.33 bits per heavy atom. The molecule has 94 valence electrons. The van der Waals surface area contributed by atoms with E-state index in [1.165, 1.54) is 29.5 Å². The molecule has 0 fully saturated rings. The Hall–Kier alpha value is -1.95. The van der Waals surface area contributed by atoms with Gasteiger partial charge in [0.05, 0.1) is 11.6 Å². The Balaban J connectivity index is 2.15. The summed E-state index contributed by atoms with van der Waals surface area (Å²) < 4.78 is 13.5. The van der Waals surface area contributed by atoms with Crippen molar-refractivity contribution in [3.8, 4) is 0 Å². The summed E-state index contributed by atoms with van der Waals surface area (Å²) in [5.41, 5.74) is 0.197. The van der Waals surface area contributed by atoms with Crippen molar-refractivity contribution in [1.82, 2.24) is 4.98 Å². The van der Waals surface area contributed by atoms with Crippen LogP contribution in [-0.4, -0.2) is 16.1 Å². The van der Waals surface area contributed by atoms with Gasteiger partial charge >= 0.3 is 5.97 Å². The molecule has 0 saturated carbocycles. The molecule has 1 unspecified atom stereocenters. The number of nitrogens with one attached hydrogen (secondary N) is 1. The molecular formula is C12H11FN2O2S. The molecule has 0 aliphatic carbocycles. The Morgan fingerprint density at radius 1 is 1.56 bits per heavy atom. The van der Waals surface area contributed by atoms with Gasteiger partial charge < -0.3 is 10.4 Å². The first-order valence-electron chi connectivity index (χ1n) is 5.26. The lowest BCUT2D eigenvalue weighted by Crippen LogP contribution is -2.07. The zero-order chi connectivity index (χ0) is 13.1. The van der Waals surface area contributed by atoms with Gasteiger partial charge in [0.25, 0.3) is 0 Å². The fourth-order valence-corrected chi connectivity index (χ4v) is 2.18. The van der Waals surface area contributed by atoms with Gasteiger partial charge in [0.15, 0.2) is 0 Å². The van der Waals surface area contributed by atoms with E-state index in [2.05, 4.69) is 10.3 Å². The van der Waals surface area contributed by atoms with Gasteiger partial charge in [-0.15, -0.1) is 11.3 Å². The number of halogens is 1. The average molecular weight is 266 g/mol. The van der Waals surface area contributed by atoms with Crippen LogP contribution in [-0.2, 0) is 0 Å². The number of carboxylic acid groups (broad SMARTS) is 1. The van der Waals surface area contributed by atoms with Gasteiger partial charge in [0.2, 0.25) is 0 Å². The van der Waals surface area contributed by atoms with Crippen LogP contribution < -0.4 is 5.32 Å². The summed E-state index contributed by atoms with van der Waals surface area (Å²) >= 11 is 1.50. The highest BCUT2D eigenvalue weighted by Crippen LogP contribution is 2.22. The summed E-state index contributed by atoms with van der Waals surface area (Å²) in [6, 6.07) is 3.90. The average Bonchev–Trinajstić information content (AvgIpc) is 2.81. The number of anilines is 1. The van der Waals surface area contributed by atoms with Crippen molar-refractivity contribution in [1.29, 1.82) is 0 Å². The van der Waals surface area contributed by atoms with Gasteiger partial charge in [0, 0.05) is 17.3 Å². The molecule has 0 spiro atoms. The number of thiazole rings is 1. The molecule has 2 aromatic rings. The molecule has 2 rings (SSSR count). The molecule has 1 atom stereocenters. The fourth-order valence-electron chi connectivity index (χ4n) is 1.54. The topological polar surface area (TPSA) is 62.2 Å². The number of rotatable bonds is 4. The van der Waals surface area contributed by atoms with Gasteiger partial charge in [-0.05, 0) is 25.1 Å². The van der Waals surface area contributed by atoms with Crippen LogP contribution in [0.25, 0.3) is 0 Å². The van der Waals surface area contributed by atoms with Crippen molar-refractivity contribution in [2.75, 3.05) is 5.32 Å². The van der Waals surface area contributed by atoms with Crippen molar-refractivity contribution in [3.63, 3.8) is 0 Å². The van der Waals surface area contributed by atoms with Crippen LogP contribution >= 0.6 is 11.3 Å². The maximum atomic E-state index is 13.5. The Kier molecular flexibility index (Phi) is 3.57. The van der Waals surface area contributed by atoms with Crippen LogP contribution in [0.15, 0.2) is 29.8 Å². The van der Waals surface area contributed by atoms with Gasteiger partial charge in [-0.3, -0.25) is 0 Å². The second-order valence-electron chi connectivity index (χ2n) is 3.74. The highest BCUT2D eigenvalue weighted by Gasteiger charge is 2.12. The predicted molar refractivity (Wildman–Crippen MR) is 67.5 cm³/mol. The summed E-state index contributed by atoms with van der Waals surface area (Å²) in [5, 5.41) is 14.5. The van der Waals surface area contributed by atoms with Crippen LogP contribution in [0.3, 0.4) is 0 Å². The van der Waals surface area contributed by atoms with Crippen LogP contribution in [0, 0.1) is 5.82 Å². The summed E-state index contributed by atoms with van der Waals surface area (Å²) in [5.74, 6) is -2.02. The zero-order valence-corrected chi connectivity index (χ0v) is 10.4. The molecule has 1 heterocycles. The Labute approximate surface area is 107 Å². The van der Waals surface area contributed by atoms with Crippen molar-refractivity contribution in [2.45, 2.75) is 13.0 Å². The van der Waals surface area contributed by atoms with E-state index in [1.54, 1.807) is 6.20 Å². The third-order valence-corrected chi connectivity index (χ3v) is 3.36. The molecule has 0 bridgehead atoms. The number of benzene rings is 1. The lowest BCUT2D eigenvalue weighted by molar-refractivity contribution is 0.0692. The van der Waals surface area contributed by atoms with Crippen molar-refractivity contribution in [3.05, 3.63) is 46.2 Å². The SMILES string of the molecule is CC(Nc1ccc(C(=O)O)c(F)c1)c1nccs1. The van der Waals surface area contributed by atoms with Gasteiger partial charge in [-0.1, -0.05) is 0 Å². The van der Waals surface area contributed by atoms with E-state index >= 15 is 0 Å². The number of aromatic carboxylic acids is 1. The van der Waals surface area contributed by atoms with Crippen molar-refractivity contribution < 1.29 is 14.3 Å². The minimum absolute atomic E-state index is 0.0555. The van der Waals surface area contributed by atoms with Crippen LogP contribution in [0.1, 0.15) is 28.3 Å². The molecule has 0 radical (unpaired) electrons. The molecule has 0 aliphatic heterocycles. The zero-order valence-electron chi connectivity index (χ0n) is 9.55. The quantitative estimate of drug-likeness (QED) is 0.892. The van der Waals surface area contributed by atoms with Gasteiger partial charge in [0.1, 0.15) is 10.8 Å². The number of hydrogen-bond acceptors (Lipinski definition) is 4. The lowest BCUT2D eigenvalue weighted by Gasteiger charge is -2.13. The molecule has 0 amide bonds. The molecule has 1 aromatic heterocycles. The van der Waals surface area contributed by atoms with E-state index in [1.807, 2.05) is 12.3 Å². The number of carboxylic acids is 1. The molecule has 0 aliphatic rings. The molecule has 1 aromatic carbocycles. The molecular weight excluding hydrogens is 255 g/mol. The molecule has 6 heteroatoms. The van der Waals surface area contributed by atoms with E-state index in [4.69, 9.17) is 5.11 Å². The largest absolute Gasteiger partial charge is 0.478 e. The summed E-state index contributed by atoms with van der Waals surface area (Å²) in [7, 11) is 0. The van der Waals surface area contributed by atoms with Crippen LogP contribution in [0.2, 0.25) is 0 Å². The highest BCUT2D eigenvalue weighted by molar-refractivity contribution is 7.09. The number of nitrogens with zero attached hydrogens (tertiary/aromatic N) is 1. The monoisotopic (exact) mass is 266 g/mol. The Bertz CT molecular complexity index is 557. The summed E-state index contributed by atoms with van der Waals surface area (Å²) in [6.45, 7) is 1.90.